The van der Waals surface area contributed by atoms with E-state index in [0.717, 1.165) is 42.9 Å². The first-order valence-electron chi connectivity index (χ1n) is 13.5. The molecule has 3 heterocycles. The normalized spacial score (nSPS) is 19.1. The van der Waals surface area contributed by atoms with Crippen LogP contribution in [0.3, 0.4) is 0 Å². The van der Waals surface area contributed by atoms with Crippen LogP contribution >= 0.6 is 0 Å². The molecule has 1 saturated heterocycles. The highest BCUT2D eigenvalue weighted by atomic mass is 16.5. The van der Waals surface area contributed by atoms with Crippen molar-refractivity contribution in [1.82, 2.24) is 19.8 Å². The Labute approximate surface area is 229 Å². The fourth-order valence-electron chi connectivity index (χ4n) is 5.77. The van der Waals surface area contributed by atoms with Gasteiger partial charge in [0, 0.05) is 55.2 Å². The summed E-state index contributed by atoms with van der Waals surface area (Å²) < 4.78 is 5.75. The highest BCUT2D eigenvalue weighted by molar-refractivity contribution is 5.99. The van der Waals surface area contributed by atoms with Crippen molar-refractivity contribution in [2.45, 2.75) is 65.7 Å². The minimum atomic E-state index is -0.0719. The number of carbonyl (C=O) groups is 1. The number of fused-ring (bicyclic) bond motifs is 1. The zero-order chi connectivity index (χ0) is 27.7. The van der Waals surface area contributed by atoms with Crippen molar-refractivity contribution in [3.8, 4) is 5.75 Å². The van der Waals surface area contributed by atoms with E-state index in [9.17, 15) is 4.79 Å². The standard InChI is InChI=1S/C29H38N8O2/c1-5-39-27-13-25(35-31)24(30)12-23(27)28(38)37-7-6-22(11-19(37)4)36-15-20-14-32-29(34-26(20)16-36)33-21-9-17(2)8-18(3)10-21/h8-10,12-14,19,22,35H,5-7,11,15-16,30-31H2,1-4H3,(H,32,33,34). The smallest absolute Gasteiger partial charge is 0.257 e. The molecule has 6 N–H and O–H groups in total. The van der Waals surface area contributed by atoms with E-state index in [1.54, 1.807) is 12.1 Å². The molecular formula is C29H38N8O2. The number of anilines is 4. The molecule has 2 atom stereocenters. The van der Waals surface area contributed by atoms with E-state index in [0.29, 0.717) is 47.8 Å². The molecule has 2 aromatic carbocycles. The average Bonchev–Trinajstić information content (AvgIpc) is 3.32. The Morgan fingerprint density at radius 1 is 1.15 bits per heavy atom. The van der Waals surface area contributed by atoms with Crippen molar-refractivity contribution in [3.63, 3.8) is 0 Å². The summed E-state index contributed by atoms with van der Waals surface area (Å²) in [5.74, 6) is 6.60. The van der Waals surface area contributed by atoms with Gasteiger partial charge >= 0.3 is 0 Å². The topological polar surface area (TPSA) is 135 Å². The van der Waals surface area contributed by atoms with Crippen molar-refractivity contribution >= 4 is 28.9 Å². The van der Waals surface area contributed by atoms with Crippen LogP contribution in [0.2, 0.25) is 0 Å². The van der Waals surface area contributed by atoms with Gasteiger partial charge in [-0.1, -0.05) is 6.07 Å². The molecule has 2 aliphatic heterocycles. The first-order chi connectivity index (χ1) is 18.7. The second-order valence-electron chi connectivity index (χ2n) is 10.6. The maximum absolute atomic E-state index is 13.6. The molecule has 10 nitrogen and oxygen atoms in total. The molecule has 39 heavy (non-hydrogen) atoms. The van der Waals surface area contributed by atoms with Crippen molar-refractivity contribution < 1.29 is 9.53 Å². The second kappa shape index (κ2) is 11.1. The van der Waals surface area contributed by atoms with E-state index in [1.165, 1.54) is 11.1 Å². The lowest BCUT2D eigenvalue weighted by Crippen LogP contribution is -2.50. The van der Waals surface area contributed by atoms with Gasteiger partial charge < -0.3 is 26.1 Å². The van der Waals surface area contributed by atoms with Gasteiger partial charge in [0.05, 0.1) is 29.2 Å². The Hall–Kier alpha value is -3.89. The number of rotatable bonds is 7. The van der Waals surface area contributed by atoms with Crippen LogP contribution in [-0.4, -0.2) is 50.9 Å². The molecule has 0 spiro atoms. The summed E-state index contributed by atoms with van der Waals surface area (Å²) in [7, 11) is 0. The lowest BCUT2D eigenvalue weighted by atomic mass is 9.95. The Kier molecular flexibility index (Phi) is 7.58. The van der Waals surface area contributed by atoms with Gasteiger partial charge in [-0.3, -0.25) is 15.5 Å². The van der Waals surface area contributed by atoms with Gasteiger partial charge in [0.25, 0.3) is 5.91 Å². The molecule has 3 aromatic rings. The number of hydrogen-bond donors (Lipinski definition) is 4. The van der Waals surface area contributed by atoms with Gasteiger partial charge in [0.2, 0.25) is 5.95 Å². The van der Waals surface area contributed by atoms with E-state index in [4.69, 9.17) is 21.3 Å². The third-order valence-corrected chi connectivity index (χ3v) is 7.62. The van der Waals surface area contributed by atoms with E-state index in [2.05, 4.69) is 59.6 Å². The van der Waals surface area contributed by atoms with Gasteiger partial charge in [0.15, 0.2) is 0 Å². The number of piperidine rings is 1. The first kappa shape index (κ1) is 26.7. The summed E-state index contributed by atoms with van der Waals surface area (Å²) >= 11 is 0. The van der Waals surface area contributed by atoms with Gasteiger partial charge in [0.1, 0.15) is 5.75 Å². The molecule has 5 rings (SSSR count). The number of aryl methyl sites for hydroxylation is 2. The molecule has 1 aromatic heterocycles. The molecule has 1 fully saturated rings. The van der Waals surface area contributed by atoms with Crippen LogP contribution in [0.25, 0.3) is 0 Å². The third-order valence-electron chi connectivity index (χ3n) is 7.62. The van der Waals surface area contributed by atoms with Gasteiger partial charge in [-0.25, -0.2) is 9.97 Å². The summed E-state index contributed by atoms with van der Waals surface area (Å²) in [4.78, 5) is 27.4. The van der Waals surface area contributed by atoms with Crippen LogP contribution in [-0.2, 0) is 13.1 Å². The molecular weight excluding hydrogens is 492 g/mol. The number of amides is 1. The summed E-state index contributed by atoms with van der Waals surface area (Å²) in [5, 5.41) is 3.36. The quantitative estimate of drug-likeness (QED) is 0.202. The van der Waals surface area contributed by atoms with E-state index in [1.807, 2.05) is 18.0 Å². The average molecular weight is 531 g/mol. The first-order valence-corrected chi connectivity index (χ1v) is 13.5. The van der Waals surface area contributed by atoms with Crippen molar-refractivity contribution in [3.05, 3.63) is 64.5 Å². The zero-order valence-corrected chi connectivity index (χ0v) is 23.1. The molecule has 2 aliphatic rings. The molecule has 0 saturated carbocycles. The van der Waals surface area contributed by atoms with Crippen LogP contribution < -0.4 is 27.1 Å². The number of ether oxygens (including phenoxy) is 1. The number of hydrazine groups is 1. The maximum Gasteiger partial charge on any atom is 0.257 e. The molecule has 2 unspecified atom stereocenters. The number of likely N-dealkylation sites (tertiary alicyclic amines) is 1. The third kappa shape index (κ3) is 5.62. The number of hydrogen-bond acceptors (Lipinski definition) is 9. The van der Waals surface area contributed by atoms with Crippen LogP contribution in [0, 0.1) is 13.8 Å². The van der Waals surface area contributed by atoms with E-state index in [-0.39, 0.29) is 11.9 Å². The summed E-state index contributed by atoms with van der Waals surface area (Å²) in [6, 6.07) is 10.1. The Morgan fingerprint density at radius 3 is 2.62 bits per heavy atom. The summed E-state index contributed by atoms with van der Waals surface area (Å²) in [6.45, 7) is 10.9. The number of carbonyl (C=O) groups excluding carboxylic acids is 1. The predicted octanol–water partition coefficient (Wildman–Crippen LogP) is 4.11. The van der Waals surface area contributed by atoms with Crippen LogP contribution in [0.4, 0.5) is 23.0 Å². The monoisotopic (exact) mass is 530 g/mol. The SMILES string of the molecule is CCOc1cc(NN)c(N)cc1C(=O)N1CCC(N2Cc3cnc(Nc4cc(C)cc(C)c4)nc3C2)CC1C. The number of nitrogen functional groups attached to an aromatic ring is 2. The lowest BCUT2D eigenvalue weighted by molar-refractivity contribution is 0.0457. The number of nitrogens with one attached hydrogen (secondary N) is 2. The highest BCUT2D eigenvalue weighted by Crippen LogP contribution is 2.34. The van der Waals surface area contributed by atoms with Crippen LogP contribution in [0.15, 0.2) is 36.5 Å². The second-order valence-corrected chi connectivity index (χ2v) is 10.6. The van der Waals surface area contributed by atoms with Gasteiger partial charge in [-0.05, 0) is 69.9 Å². The van der Waals surface area contributed by atoms with Crippen molar-refractivity contribution in [2.75, 3.05) is 29.6 Å². The fraction of sp³-hybridized carbons (Fsp3) is 0.414. The predicted molar refractivity (Wildman–Crippen MR) is 154 cm³/mol. The Balaban J connectivity index is 1.24. The lowest BCUT2D eigenvalue weighted by Gasteiger charge is -2.41. The minimum absolute atomic E-state index is 0.0656. The highest BCUT2D eigenvalue weighted by Gasteiger charge is 2.36. The van der Waals surface area contributed by atoms with Crippen LogP contribution in [0.5, 0.6) is 5.75 Å². The Morgan fingerprint density at radius 2 is 1.92 bits per heavy atom. The summed E-state index contributed by atoms with van der Waals surface area (Å²) in [6.07, 6.45) is 3.70. The Bertz CT molecular complexity index is 1360. The molecule has 0 radical (unpaired) electrons. The number of aromatic nitrogens is 2. The maximum atomic E-state index is 13.6. The molecule has 0 bridgehead atoms. The molecule has 0 aliphatic carbocycles. The number of nitrogens with two attached hydrogens (primary N) is 2. The fourth-order valence-corrected chi connectivity index (χ4v) is 5.77. The minimum Gasteiger partial charge on any atom is -0.493 e. The van der Waals surface area contributed by atoms with Crippen molar-refractivity contribution in [2.24, 2.45) is 5.84 Å². The molecule has 1 amide bonds. The van der Waals surface area contributed by atoms with Crippen molar-refractivity contribution in [1.29, 1.82) is 0 Å². The molecule has 206 valence electrons. The van der Waals surface area contributed by atoms with Gasteiger partial charge in [-0.15, -0.1) is 0 Å². The zero-order valence-electron chi connectivity index (χ0n) is 23.1. The van der Waals surface area contributed by atoms with Crippen LogP contribution in [0.1, 0.15) is 59.4 Å². The van der Waals surface area contributed by atoms with Gasteiger partial charge in [-0.2, -0.15) is 0 Å². The van der Waals surface area contributed by atoms with E-state index >= 15 is 0 Å². The largest absolute Gasteiger partial charge is 0.493 e. The number of nitrogens with zero attached hydrogens (tertiary/aromatic N) is 4. The summed E-state index contributed by atoms with van der Waals surface area (Å²) in [5.41, 5.74) is 15.7. The number of benzene rings is 2. The van der Waals surface area contributed by atoms with E-state index < -0.39 is 0 Å². The molecule has 10 heteroatoms.